The highest BCUT2D eigenvalue weighted by atomic mass is 15.0. The normalized spacial score (nSPS) is 17.6. The van der Waals surface area contributed by atoms with Crippen LogP contribution >= 0.6 is 0 Å². The molecule has 0 radical (unpaired) electrons. The second kappa shape index (κ2) is 3.47. The summed E-state index contributed by atoms with van der Waals surface area (Å²) in [6.45, 7) is 6.47. The molecule has 0 spiro atoms. The maximum absolute atomic E-state index is 4.64. The summed E-state index contributed by atoms with van der Waals surface area (Å²) in [5.74, 6) is 2.02. The van der Waals surface area contributed by atoms with E-state index in [1.165, 1.54) is 18.4 Å². The molecule has 3 heteroatoms. The molecule has 1 aliphatic carbocycles. The third-order valence-electron chi connectivity index (χ3n) is 3.34. The quantitative estimate of drug-likeness (QED) is 0.823. The SMILES string of the molecule is CCc1c(C)nc(C2(C)CC2)nc1NC. The van der Waals surface area contributed by atoms with E-state index in [2.05, 4.69) is 36.1 Å². The van der Waals surface area contributed by atoms with Crippen LogP contribution in [0.1, 0.15) is 43.8 Å². The molecule has 1 aliphatic rings. The molecule has 1 fully saturated rings. The Morgan fingerprint density at radius 2 is 2.00 bits per heavy atom. The van der Waals surface area contributed by atoms with Crippen LogP contribution < -0.4 is 5.32 Å². The smallest absolute Gasteiger partial charge is 0.136 e. The van der Waals surface area contributed by atoms with Gasteiger partial charge in [-0.3, -0.25) is 0 Å². The van der Waals surface area contributed by atoms with Crippen LogP contribution in [0.4, 0.5) is 5.82 Å². The lowest BCUT2D eigenvalue weighted by molar-refractivity contribution is 0.700. The number of aromatic nitrogens is 2. The Morgan fingerprint density at radius 3 is 2.47 bits per heavy atom. The van der Waals surface area contributed by atoms with Gasteiger partial charge in [-0.15, -0.1) is 0 Å². The Bertz CT molecular complexity index is 381. The summed E-state index contributed by atoms with van der Waals surface area (Å²) >= 11 is 0. The van der Waals surface area contributed by atoms with Crippen molar-refractivity contribution in [2.75, 3.05) is 12.4 Å². The molecule has 1 heterocycles. The van der Waals surface area contributed by atoms with Crippen molar-refractivity contribution in [3.05, 3.63) is 17.1 Å². The van der Waals surface area contributed by atoms with Crippen molar-refractivity contribution in [1.29, 1.82) is 0 Å². The van der Waals surface area contributed by atoms with Gasteiger partial charge in [0.25, 0.3) is 0 Å². The summed E-state index contributed by atoms with van der Waals surface area (Å²) in [7, 11) is 1.93. The monoisotopic (exact) mass is 205 g/mol. The van der Waals surface area contributed by atoms with Gasteiger partial charge in [-0.1, -0.05) is 13.8 Å². The zero-order valence-corrected chi connectivity index (χ0v) is 10.0. The van der Waals surface area contributed by atoms with Crippen molar-refractivity contribution in [2.24, 2.45) is 0 Å². The molecule has 1 aromatic heterocycles. The predicted octanol–water partition coefficient (Wildman–Crippen LogP) is 2.44. The molecule has 0 aromatic carbocycles. The lowest BCUT2D eigenvalue weighted by Gasteiger charge is -2.14. The van der Waals surface area contributed by atoms with Gasteiger partial charge in [-0.05, 0) is 26.2 Å². The highest BCUT2D eigenvalue weighted by Gasteiger charge is 2.42. The van der Waals surface area contributed by atoms with Crippen molar-refractivity contribution >= 4 is 5.82 Å². The highest BCUT2D eigenvalue weighted by molar-refractivity contribution is 5.47. The molecule has 0 amide bonds. The number of hydrogen-bond acceptors (Lipinski definition) is 3. The van der Waals surface area contributed by atoms with Crippen molar-refractivity contribution in [2.45, 2.75) is 45.4 Å². The standard InChI is InChI=1S/C12H19N3/c1-5-9-8(2)14-11(12(3)6-7-12)15-10(9)13-4/h5-7H2,1-4H3,(H,13,14,15). The molecule has 0 atom stereocenters. The van der Waals surface area contributed by atoms with E-state index < -0.39 is 0 Å². The maximum Gasteiger partial charge on any atom is 0.136 e. The average molecular weight is 205 g/mol. The average Bonchev–Trinajstić information content (AvgIpc) is 2.96. The van der Waals surface area contributed by atoms with E-state index in [0.29, 0.717) is 0 Å². The van der Waals surface area contributed by atoms with Crippen LogP contribution in [0, 0.1) is 6.92 Å². The number of rotatable bonds is 3. The van der Waals surface area contributed by atoms with E-state index in [-0.39, 0.29) is 5.41 Å². The Labute approximate surface area is 91.3 Å². The summed E-state index contributed by atoms with van der Waals surface area (Å²) in [4.78, 5) is 9.27. The zero-order chi connectivity index (χ0) is 11.1. The molecule has 0 bridgehead atoms. The number of nitrogens with one attached hydrogen (secondary N) is 1. The molecule has 0 saturated heterocycles. The van der Waals surface area contributed by atoms with E-state index in [4.69, 9.17) is 0 Å². The first-order valence-corrected chi connectivity index (χ1v) is 5.66. The second-order valence-corrected chi connectivity index (χ2v) is 4.62. The number of hydrogen-bond donors (Lipinski definition) is 1. The summed E-state index contributed by atoms with van der Waals surface area (Å²) in [5.41, 5.74) is 2.62. The third kappa shape index (κ3) is 1.71. The first-order chi connectivity index (χ1) is 7.10. The van der Waals surface area contributed by atoms with E-state index >= 15 is 0 Å². The molecule has 1 N–H and O–H groups in total. The topological polar surface area (TPSA) is 37.8 Å². The van der Waals surface area contributed by atoms with Gasteiger partial charge in [0.1, 0.15) is 11.6 Å². The van der Waals surface area contributed by atoms with Crippen LogP contribution in [0.3, 0.4) is 0 Å². The molecule has 82 valence electrons. The Kier molecular flexibility index (Phi) is 2.41. The van der Waals surface area contributed by atoms with Gasteiger partial charge >= 0.3 is 0 Å². The molecular formula is C12H19N3. The molecular weight excluding hydrogens is 186 g/mol. The van der Waals surface area contributed by atoms with Crippen LogP contribution in [-0.2, 0) is 11.8 Å². The molecule has 15 heavy (non-hydrogen) atoms. The number of aryl methyl sites for hydroxylation is 1. The highest BCUT2D eigenvalue weighted by Crippen LogP contribution is 2.46. The van der Waals surface area contributed by atoms with Gasteiger partial charge in [0.2, 0.25) is 0 Å². The summed E-state index contributed by atoms with van der Waals surface area (Å²) in [6, 6.07) is 0. The maximum atomic E-state index is 4.64. The van der Waals surface area contributed by atoms with Gasteiger partial charge in [-0.25, -0.2) is 9.97 Å². The fourth-order valence-electron chi connectivity index (χ4n) is 1.91. The fraction of sp³-hybridized carbons (Fsp3) is 0.667. The van der Waals surface area contributed by atoms with Gasteiger partial charge in [0.15, 0.2) is 0 Å². The summed E-state index contributed by atoms with van der Waals surface area (Å²) < 4.78 is 0. The molecule has 0 unspecified atom stereocenters. The van der Waals surface area contributed by atoms with Gasteiger partial charge in [-0.2, -0.15) is 0 Å². The van der Waals surface area contributed by atoms with E-state index in [1.807, 2.05) is 7.05 Å². The van der Waals surface area contributed by atoms with Gasteiger partial charge in [0.05, 0.1) is 0 Å². The first kappa shape index (κ1) is 10.4. The van der Waals surface area contributed by atoms with Crippen molar-refractivity contribution in [3.8, 4) is 0 Å². The minimum Gasteiger partial charge on any atom is -0.373 e. The molecule has 3 nitrogen and oxygen atoms in total. The lowest BCUT2D eigenvalue weighted by atomic mass is 10.1. The van der Waals surface area contributed by atoms with Crippen molar-refractivity contribution in [1.82, 2.24) is 9.97 Å². The minimum absolute atomic E-state index is 0.253. The summed E-state index contributed by atoms with van der Waals surface area (Å²) in [6.07, 6.45) is 3.43. The predicted molar refractivity (Wildman–Crippen MR) is 62.3 cm³/mol. The number of anilines is 1. The minimum atomic E-state index is 0.253. The van der Waals surface area contributed by atoms with E-state index in [9.17, 15) is 0 Å². The van der Waals surface area contributed by atoms with Crippen LogP contribution in [0.15, 0.2) is 0 Å². The molecule has 0 aliphatic heterocycles. The molecule has 2 rings (SSSR count). The fourth-order valence-corrected chi connectivity index (χ4v) is 1.91. The lowest BCUT2D eigenvalue weighted by Crippen LogP contribution is -2.12. The van der Waals surface area contributed by atoms with Crippen LogP contribution in [0.25, 0.3) is 0 Å². The van der Waals surface area contributed by atoms with Crippen LogP contribution in [0.2, 0.25) is 0 Å². The zero-order valence-electron chi connectivity index (χ0n) is 10.0. The van der Waals surface area contributed by atoms with E-state index in [0.717, 1.165) is 23.8 Å². The Hall–Kier alpha value is -1.12. The van der Waals surface area contributed by atoms with Crippen LogP contribution in [0.5, 0.6) is 0 Å². The van der Waals surface area contributed by atoms with Crippen molar-refractivity contribution in [3.63, 3.8) is 0 Å². The largest absolute Gasteiger partial charge is 0.373 e. The first-order valence-electron chi connectivity index (χ1n) is 5.66. The molecule has 1 aromatic rings. The Morgan fingerprint density at radius 1 is 1.33 bits per heavy atom. The second-order valence-electron chi connectivity index (χ2n) is 4.62. The van der Waals surface area contributed by atoms with Crippen molar-refractivity contribution < 1.29 is 0 Å². The van der Waals surface area contributed by atoms with E-state index in [1.54, 1.807) is 0 Å². The number of nitrogens with zero attached hydrogens (tertiary/aromatic N) is 2. The van der Waals surface area contributed by atoms with Gasteiger partial charge in [0, 0.05) is 23.7 Å². The van der Waals surface area contributed by atoms with Crippen LogP contribution in [-0.4, -0.2) is 17.0 Å². The van der Waals surface area contributed by atoms with Gasteiger partial charge < -0.3 is 5.32 Å². The molecule has 1 saturated carbocycles. The summed E-state index contributed by atoms with van der Waals surface area (Å²) in [5, 5.41) is 3.18. The Balaban J connectivity index is 2.48. The third-order valence-corrected chi connectivity index (χ3v) is 3.34.